The van der Waals surface area contributed by atoms with Crippen molar-refractivity contribution in [2.45, 2.75) is 6.92 Å². The summed E-state index contributed by atoms with van der Waals surface area (Å²) >= 11 is 0. The van der Waals surface area contributed by atoms with Crippen molar-refractivity contribution in [2.24, 2.45) is 0 Å². The van der Waals surface area contributed by atoms with E-state index in [-0.39, 0.29) is 0 Å². The summed E-state index contributed by atoms with van der Waals surface area (Å²) in [6.07, 6.45) is 0. The van der Waals surface area contributed by atoms with Gasteiger partial charge in [-0.2, -0.15) is 5.26 Å². The van der Waals surface area contributed by atoms with Crippen LogP contribution in [0, 0.1) is 23.0 Å². The molecule has 1 rings (SSSR count). The standard InChI is InChI=1S/C10H7F2N/c1-6(2)7-3-9(11)8(5-13)10(12)4-7/h3-4H,1H2,2H3. The second kappa shape index (κ2) is 3.36. The van der Waals surface area contributed by atoms with Gasteiger partial charge >= 0.3 is 0 Å². The zero-order valence-electron chi connectivity index (χ0n) is 7.06. The van der Waals surface area contributed by atoms with Gasteiger partial charge < -0.3 is 0 Å². The lowest BCUT2D eigenvalue weighted by atomic mass is 10.1. The Kier molecular flexibility index (Phi) is 2.43. The molecule has 66 valence electrons. The van der Waals surface area contributed by atoms with Crippen LogP contribution in [0.25, 0.3) is 5.57 Å². The minimum atomic E-state index is -0.847. The number of benzene rings is 1. The topological polar surface area (TPSA) is 23.8 Å². The van der Waals surface area contributed by atoms with Crippen molar-refractivity contribution >= 4 is 5.57 Å². The zero-order chi connectivity index (χ0) is 10.0. The smallest absolute Gasteiger partial charge is 0.144 e. The van der Waals surface area contributed by atoms with Crippen LogP contribution in [-0.4, -0.2) is 0 Å². The Morgan fingerprint density at radius 1 is 1.38 bits per heavy atom. The maximum Gasteiger partial charge on any atom is 0.144 e. The Bertz CT molecular complexity index is 379. The Hall–Kier alpha value is -1.69. The van der Waals surface area contributed by atoms with Crippen molar-refractivity contribution in [3.05, 3.63) is 41.5 Å². The minimum absolute atomic E-state index is 0.369. The molecule has 13 heavy (non-hydrogen) atoms. The summed E-state index contributed by atoms with van der Waals surface area (Å²) in [6, 6.07) is 3.65. The predicted octanol–water partition coefficient (Wildman–Crippen LogP) is 2.87. The fraction of sp³-hybridized carbons (Fsp3) is 0.100. The Morgan fingerprint density at radius 2 is 1.85 bits per heavy atom. The van der Waals surface area contributed by atoms with E-state index in [2.05, 4.69) is 6.58 Å². The molecular weight excluding hydrogens is 172 g/mol. The van der Waals surface area contributed by atoms with Crippen molar-refractivity contribution in [3.63, 3.8) is 0 Å². The van der Waals surface area contributed by atoms with Crippen LogP contribution in [0.4, 0.5) is 8.78 Å². The fourth-order valence-corrected chi connectivity index (χ4v) is 0.926. The molecule has 0 aliphatic rings. The predicted molar refractivity (Wildman–Crippen MR) is 45.8 cm³/mol. The summed E-state index contributed by atoms with van der Waals surface area (Å²) in [7, 11) is 0. The molecule has 1 aromatic rings. The van der Waals surface area contributed by atoms with Crippen LogP contribution in [0.2, 0.25) is 0 Å². The molecule has 0 unspecified atom stereocenters. The number of halogens is 2. The Balaban J connectivity index is 3.39. The van der Waals surface area contributed by atoms with Crippen LogP contribution in [0.5, 0.6) is 0 Å². The van der Waals surface area contributed by atoms with E-state index in [9.17, 15) is 8.78 Å². The summed E-state index contributed by atoms with van der Waals surface area (Å²) in [5.41, 5.74) is 0.376. The molecule has 0 amide bonds. The summed E-state index contributed by atoms with van der Waals surface area (Å²) < 4.78 is 25.9. The highest BCUT2D eigenvalue weighted by Gasteiger charge is 2.10. The summed E-state index contributed by atoms with van der Waals surface area (Å²) in [6.45, 7) is 5.19. The lowest BCUT2D eigenvalue weighted by Crippen LogP contribution is -1.92. The van der Waals surface area contributed by atoms with E-state index in [1.54, 1.807) is 6.92 Å². The third kappa shape index (κ3) is 1.73. The highest BCUT2D eigenvalue weighted by atomic mass is 19.1. The van der Waals surface area contributed by atoms with Gasteiger partial charge in [0, 0.05) is 0 Å². The van der Waals surface area contributed by atoms with Crippen LogP contribution in [0.3, 0.4) is 0 Å². The van der Waals surface area contributed by atoms with E-state index >= 15 is 0 Å². The number of hydrogen-bond donors (Lipinski definition) is 0. The molecule has 0 N–H and O–H groups in total. The molecule has 0 radical (unpaired) electrons. The van der Waals surface area contributed by atoms with Gasteiger partial charge in [0.1, 0.15) is 23.3 Å². The van der Waals surface area contributed by atoms with Crippen molar-refractivity contribution in [2.75, 3.05) is 0 Å². The maximum atomic E-state index is 13.0. The number of allylic oxidation sites excluding steroid dienone is 1. The zero-order valence-corrected chi connectivity index (χ0v) is 7.06. The van der Waals surface area contributed by atoms with Gasteiger partial charge in [-0.3, -0.25) is 0 Å². The molecule has 0 heterocycles. The summed E-state index contributed by atoms with van der Waals surface area (Å²) in [5, 5.41) is 8.38. The van der Waals surface area contributed by atoms with E-state index in [1.807, 2.05) is 0 Å². The van der Waals surface area contributed by atoms with Crippen LogP contribution in [0.15, 0.2) is 18.7 Å². The minimum Gasteiger partial charge on any atom is -0.205 e. The Morgan fingerprint density at radius 3 is 2.15 bits per heavy atom. The van der Waals surface area contributed by atoms with Gasteiger partial charge in [-0.15, -0.1) is 0 Å². The first-order chi connectivity index (χ1) is 6.06. The fourth-order valence-electron chi connectivity index (χ4n) is 0.926. The molecule has 1 aromatic carbocycles. The quantitative estimate of drug-likeness (QED) is 0.650. The second-order valence-corrected chi connectivity index (χ2v) is 2.71. The molecule has 0 saturated carbocycles. The average Bonchev–Trinajstić information content (AvgIpc) is 2.03. The molecule has 0 aliphatic carbocycles. The van der Waals surface area contributed by atoms with Crippen molar-refractivity contribution in [1.29, 1.82) is 5.26 Å². The van der Waals surface area contributed by atoms with Crippen molar-refractivity contribution in [3.8, 4) is 6.07 Å². The van der Waals surface area contributed by atoms with Gasteiger partial charge in [-0.25, -0.2) is 8.78 Å². The van der Waals surface area contributed by atoms with E-state index < -0.39 is 17.2 Å². The monoisotopic (exact) mass is 179 g/mol. The molecule has 0 atom stereocenters. The van der Waals surface area contributed by atoms with E-state index in [0.29, 0.717) is 11.1 Å². The lowest BCUT2D eigenvalue weighted by molar-refractivity contribution is 0.576. The molecule has 0 spiro atoms. The molecular formula is C10H7F2N. The van der Waals surface area contributed by atoms with Crippen LogP contribution >= 0.6 is 0 Å². The van der Waals surface area contributed by atoms with E-state index in [0.717, 1.165) is 12.1 Å². The first kappa shape index (κ1) is 9.40. The van der Waals surface area contributed by atoms with Gasteiger partial charge in [0.2, 0.25) is 0 Å². The molecule has 0 aliphatic heterocycles. The van der Waals surface area contributed by atoms with Gasteiger partial charge in [0.05, 0.1) is 0 Å². The highest BCUT2D eigenvalue weighted by molar-refractivity contribution is 5.62. The van der Waals surface area contributed by atoms with Crippen LogP contribution in [0.1, 0.15) is 18.1 Å². The molecule has 0 bridgehead atoms. The van der Waals surface area contributed by atoms with Gasteiger partial charge in [-0.1, -0.05) is 12.2 Å². The van der Waals surface area contributed by atoms with Crippen molar-refractivity contribution in [1.82, 2.24) is 0 Å². The van der Waals surface area contributed by atoms with Gasteiger partial charge in [-0.05, 0) is 24.6 Å². The molecule has 0 fully saturated rings. The average molecular weight is 179 g/mol. The lowest BCUT2D eigenvalue weighted by Gasteiger charge is -2.01. The maximum absolute atomic E-state index is 13.0. The highest BCUT2D eigenvalue weighted by Crippen LogP contribution is 2.18. The molecule has 3 heteroatoms. The third-order valence-electron chi connectivity index (χ3n) is 1.65. The third-order valence-corrected chi connectivity index (χ3v) is 1.65. The summed E-state index contributed by atoms with van der Waals surface area (Å²) in [5.74, 6) is -1.69. The van der Waals surface area contributed by atoms with E-state index in [4.69, 9.17) is 5.26 Å². The Labute approximate surface area is 74.9 Å². The van der Waals surface area contributed by atoms with Crippen molar-refractivity contribution < 1.29 is 8.78 Å². The molecule has 1 nitrogen and oxygen atoms in total. The van der Waals surface area contributed by atoms with Crippen LogP contribution in [-0.2, 0) is 0 Å². The normalized spacial score (nSPS) is 9.38. The largest absolute Gasteiger partial charge is 0.205 e. The molecule has 0 aromatic heterocycles. The van der Waals surface area contributed by atoms with E-state index in [1.165, 1.54) is 6.07 Å². The van der Waals surface area contributed by atoms with Crippen LogP contribution < -0.4 is 0 Å². The number of rotatable bonds is 1. The SMILES string of the molecule is C=C(C)c1cc(F)c(C#N)c(F)c1. The molecule has 0 saturated heterocycles. The number of nitriles is 1. The number of nitrogens with zero attached hydrogens (tertiary/aromatic N) is 1. The number of hydrogen-bond acceptors (Lipinski definition) is 1. The second-order valence-electron chi connectivity index (χ2n) is 2.71. The van der Waals surface area contributed by atoms with Gasteiger partial charge in [0.25, 0.3) is 0 Å². The van der Waals surface area contributed by atoms with Gasteiger partial charge in [0.15, 0.2) is 0 Å². The first-order valence-corrected chi connectivity index (χ1v) is 3.61. The summed E-state index contributed by atoms with van der Waals surface area (Å²) in [4.78, 5) is 0. The first-order valence-electron chi connectivity index (χ1n) is 3.61.